The van der Waals surface area contributed by atoms with E-state index >= 15 is 0 Å². The molecule has 10 nitrogen and oxygen atoms in total. The summed E-state index contributed by atoms with van der Waals surface area (Å²) in [6, 6.07) is 9.92. The zero-order chi connectivity index (χ0) is 30.6. The van der Waals surface area contributed by atoms with Gasteiger partial charge in [-0.05, 0) is 62.1 Å². The second kappa shape index (κ2) is 15.5. The van der Waals surface area contributed by atoms with Crippen LogP contribution in [0.15, 0.2) is 65.4 Å². The predicted molar refractivity (Wildman–Crippen MR) is 173 cm³/mol. The average molecular weight is 585 g/mol. The standard InChI is InChI=1S/C33H40N6O4/c1-6-10-31(40)36-25-12-9-8-11-24(18-25)32-37-28-20-30(43-16-15-41-4)29(42-5)19-26(28)33(38-32)34-21-23-13-14-27(22(3)17-23)39-35-7-2/h7,9,11-14,17-20,39H,6,8,10,15-16,21H2,1-5H3,(H,36,40)(H,34,37,38)/b35-7-. The quantitative estimate of drug-likeness (QED) is 0.117. The van der Waals surface area contributed by atoms with Crippen LogP contribution in [0.2, 0.25) is 0 Å². The van der Waals surface area contributed by atoms with Crippen LogP contribution >= 0.6 is 0 Å². The first-order valence-corrected chi connectivity index (χ1v) is 14.4. The zero-order valence-corrected chi connectivity index (χ0v) is 25.5. The summed E-state index contributed by atoms with van der Waals surface area (Å²) in [4.78, 5) is 22.2. The van der Waals surface area contributed by atoms with Crippen LogP contribution in [0.4, 0.5) is 11.5 Å². The lowest BCUT2D eigenvalue weighted by Crippen LogP contribution is -2.21. The van der Waals surface area contributed by atoms with E-state index in [-0.39, 0.29) is 5.91 Å². The molecule has 0 radical (unpaired) electrons. The highest BCUT2D eigenvalue weighted by atomic mass is 16.5. The van der Waals surface area contributed by atoms with Gasteiger partial charge in [0, 0.05) is 49.0 Å². The fraction of sp³-hybridized carbons (Fsp3) is 0.333. The molecule has 3 aromatic rings. The number of fused-ring (bicyclic) bond motifs is 1. The number of anilines is 2. The molecule has 0 bridgehead atoms. The summed E-state index contributed by atoms with van der Waals surface area (Å²) in [7, 11) is 3.24. The number of methoxy groups -OCH3 is 2. The molecule has 10 heteroatoms. The number of rotatable bonds is 14. The lowest BCUT2D eigenvalue weighted by molar-refractivity contribution is -0.120. The van der Waals surface area contributed by atoms with Gasteiger partial charge in [0.05, 0.1) is 24.9 Å². The number of carbonyl (C=O) groups excluding carboxylic acids is 1. The Bertz CT molecular complexity index is 1560. The lowest BCUT2D eigenvalue weighted by Gasteiger charge is -2.16. The Morgan fingerprint density at radius 1 is 1.12 bits per heavy atom. The number of ether oxygens (including phenoxy) is 3. The molecule has 43 heavy (non-hydrogen) atoms. The van der Waals surface area contributed by atoms with Crippen molar-refractivity contribution in [2.24, 2.45) is 5.10 Å². The molecule has 1 amide bonds. The molecule has 1 aliphatic carbocycles. The van der Waals surface area contributed by atoms with E-state index in [4.69, 9.17) is 24.2 Å². The largest absolute Gasteiger partial charge is 0.493 e. The molecular formula is C33H40N6O4. The summed E-state index contributed by atoms with van der Waals surface area (Å²) < 4.78 is 16.8. The van der Waals surface area contributed by atoms with Crippen molar-refractivity contribution in [1.82, 2.24) is 15.3 Å². The summed E-state index contributed by atoms with van der Waals surface area (Å²) in [5.74, 6) is 2.30. The highest BCUT2D eigenvalue weighted by molar-refractivity contribution is 5.93. The van der Waals surface area contributed by atoms with Crippen LogP contribution in [-0.2, 0) is 16.1 Å². The van der Waals surface area contributed by atoms with Crippen LogP contribution in [-0.4, -0.2) is 49.5 Å². The Balaban J connectivity index is 1.74. The molecule has 1 aliphatic rings. The van der Waals surface area contributed by atoms with Gasteiger partial charge >= 0.3 is 0 Å². The number of carbonyl (C=O) groups is 1. The Labute approximate surface area is 252 Å². The van der Waals surface area contributed by atoms with Gasteiger partial charge in [0.2, 0.25) is 5.91 Å². The number of aromatic nitrogens is 2. The first-order valence-electron chi connectivity index (χ1n) is 14.4. The second-order valence-electron chi connectivity index (χ2n) is 9.95. The van der Waals surface area contributed by atoms with Gasteiger partial charge in [-0.15, -0.1) is 0 Å². The van der Waals surface area contributed by atoms with E-state index in [1.54, 1.807) is 20.4 Å². The number of hydrogen-bond acceptors (Lipinski definition) is 9. The Kier molecular flexibility index (Phi) is 11.3. The van der Waals surface area contributed by atoms with Gasteiger partial charge in [0.15, 0.2) is 17.3 Å². The van der Waals surface area contributed by atoms with Crippen molar-refractivity contribution in [2.45, 2.75) is 46.6 Å². The van der Waals surface area contributed by atoms with Crippen LogP contribution in [0, 0.1) is 6.92 Å². The highest BCUT2D eigenvalue weighted by Gasteiger charge is 2.17. The molecule has 0 fully saturated rings. The number of hydrogen-bond donors (Lipinski definition) is 3. The molecule has 2 aromatic carbocycles. The minimum atomic E-state index is -0.0237. The maximum Gasteiger partial charge on any atom is 0.224 e. The first-order chi connectivity index (χ1) is 20.9. The molecule has 1 heterocycles. The summed E-state index contributed by atoms with van der Waals surface area (Å²) in [6.45, 7) is 7.24. The van der Waals surface area contributed by atoms with E-state index in [1.807, 2.05) is 69.3 Å². The minimum absolute atomic E-state index is 0.0237. The SMILES string of the molecule is C/C=N\Nc1ccc(CNc2nc(C3=CCC=CC(NC(=O)CCC)=C3)nc3cc(OCCOC)c(OC)cc23)cc1C. The molecule has 4 rings (SSSR count). The first kappa shape index (κ1) is 31.2. The molecule has 3 N–H and O–H groups in total. The number of allylic oxidation sites excluding steroid dienone is 5. The number of nitrogens with one attached hydrogen (secondary N) is 3. The smallest absolute Gasteiger partial charge is 0.224 e. The second-order valence-corrected chi connectivity index (χ2v) is 9.95. The van der Waals surface area contributed by atoms with Gasteiger partial charge in [-0.2, -0.15) is 5.10 Å². The molecular weight excluding hydrogens is 544 g/mol. The molecule has 0 atom stereocenters. The Morgan fingerprint density at radius 2 is 1.98 bits per heavy atom. The van der Waals surface area contributed by atoms with Crippen LogP contribution in [0.3, 0.4) is 0 Å². The van der Waals surface area contributed by atoms with Gasteiger partial charge in [-0.1, -0.05) is 31.2 Å². The third-order valence-corrected chi connectivity index (χ3v) is 6.69. The van der Waals surface area contributed by atoms with Gasteiger partial charge in [-0.3, -0.25) is 10.2 Å². The molecule has 1 aromatic heterocycles. The van der Waals surface area contributed by atoms with Gasteiger partial charge in [0.1, 0.15) is 12.4 Å². The fourth-order valence-corrected chi connectivity index (χ4v) is 4.54. The van der Waals surface area contributed by atoms with E-state index in [2.05, 4.69) is 27.2 Å². The third-order valence-electron chi connectivity index (χ3n) is 6.69. The van der Waals surface area contributed by atoms with Crippen LogP contribution in [0.1, 0.15) is 50.1 Å². The average Bonchev–Trinajstić information content (AvgIpc) is 3.24. The monoisotopic (exact) mass is 584 g/mol. The van der Waals surface area contributed by atoms with Gasteiger partial charge < -0.3 is 24.8 Å². The van der Waals surface area contributed by atoms with E-state index in [0.29, 0.717) is 67.0 Å². The Hall–Kier alpha value is -4.70. The molecule has 0 aliphatic heterocycles. The van der Waals surface area contributed by atoms with Crippen molar-refractivity contribution in [3.8, 4) is 11.5 Å². The van der Waals surface area contributed by atoms with E-state index in [9.17, 15) is 4.79 Å². The van der Waals surface area contributed by atoms with Crippen LogP contribution < -0.4 is 25.5 Å². The minimum Gasteiger partial charge on any atom is -0.493 e. The molecule has 0 unspecified atom stereocenters. The van der Waals surface area contributed by atoms with Crippen molar-refractivity contribution in [2.75, 3.05) is 38.2 Å². The van der Waals surface area contributed by atoms with Gasteiger partial charge in [-0.25, -0.2) is 9.97 Å². The number of aryl methyl sites for hydroxylation is 1. The molecule has 0 spiro atoms. The number of benzene rings is 2. The topological polar surface area (TPSA) is 119 Å². The van der Waals surface area contributed by atoms with Crippen molar-refractivity contribution in [3.05, 3.63) is 77.3 Å². The van der Waals surface area contributed by atoms with Gasteiger partial charge in [0.25, 0.3) is 0 Å². The van der Waals surface area contributed by atoms with E-state index in [1.165, 1.54) is 0 Å². The Morgan fingerprint density at radius 3 is 2.72 bits per heavy atom. The lowest BCUT2D eigenvalue weighted by atomic mass is 10.1. The number of nitrogens with zero attached hydrogens (tertiary/aromatic N) is 3. The van der Waals surface area contributed by atoms with Crippen LogP contribution in [0.5, 0.6) is 11.5 Å². The summed E-state index contributed by atoms with van der Waals surface area (Å²) in [5.41, 5.74) is 8.36. The summed E-state index contributed by atoms with van der Waals surface area (Å²) in [6.07, 6.45) is 11.5. The van der Waals surface area contributed by atoms with Crippen molar-refractivity contribution in [3.63, 3.8) is 0 Å². The number of hydrazone groups is 1. The fourth-order valence-electron chi connectivity index (χ4n) is 4.54. The van der Waals surface area contributed by atoms with Crippen molar-refractivity contribution >= 4 is 40.1 Å². The molecule has 0 saturated heterocycles. The van der Waals surface area contributed by atoms with Crippen LogP contribution in [0.25, 0.3) is 16.5 Å². The number of amides is 1. The summed E-state index contributed by atoms with van der Waals surface area (Å²) in [5, 5.41) is 11.4. The maximum atomic E-state index is 12.3. The predicted octanol–water partition coefficient (Wildman–Crippen LogP) is 6.15. The maximum absolute atomic E-state index is 12.3. The summed E-state index contributed by atoms with van der Waals surface area (Å²) >= 11 is 0. The van der Waals surface area contributed by atoms with E-state index < -0.39 is 0 Å². The van der Waals surface area contributed by atoms with Crippen molar-refractivity contribution in [1.29, 1.82) is 0 Å². The normalized spacial score (nSPS) is 13.0. The zero-order valence-electron chi connectivity index (χ0n) is 25.5. The molecule has 0 saturated carbocycles. The third kappa shape index (κ3) is 8.42. The van der Waals surface area contributed by atoms with Crippen molar-refractivity contribution < 1.29 is 19.0 Å². The highest BCUT2D eigenvalue weighted by Crippen LogP contribution is 2.35. The molecule has 226 valence electrons. The van der Waals surface area contributed by atoms with E-state index in [0.717, 1.165) is 34.2 Å².